The molecule has 2 rings (SSSR count). The predicted molar refractivity (Wildman–Crippen MR) is 79.5 cm³/mol. The number of ether oxygens (including phenoxy) is 1. The monoisotopic (exact) mass is 328 g/mol. The average Bonchev–Trinajstić information content (AvgIpc) is 2.47. The third-order valence-corrected chi connectivity index (χ3v) is 5.62. The Labute approximate surface area is 129 Å². The van der Waals surface area contributed by atoms with Crippen LogP contribution in [0.2, 0.25) is 5.02 Å². The molecule has 1 aliphatic heterocycles. The fourth-order valence-electron chi connectivity index (χ4n) is 2.17. The molecule has 114 valence electrons. The summed E-state index contributed by atoms with van der Waals surface area (Å²) in [7, 11) is -3.73. The van der Waals surface area contributed by atoms with E-state index in [1.807, 2.05) is 13.0 Å². The van der Waals surface area contributed by atoms with Crippen molar-refractivity contribution in [2.24, 2.45) is 5.41 Å². The molecule has 1 saturated heterocycles. The first-order chi connectivity index (χ1) is 9.86. The minimum absolute atomic E-state index is 0.0566. The molecular weight excluding hydrogens is 312 g/mol. The molecule has 0 aliphatic carbocycles. The van der Waals surface area contributed by atoms with Crippen molar-refractivity contribution in [2.45, 2.75) is 24.7 Å². The van der Waals surface area contributed by atoms with Gasteiger partial charge in [0.2, 0.25) is 10.0 Å². The fourth-order valence-corrected chi connectivity index (χ4v) is 3.89. The van der Waals surface area contributed by atoms with E-state index in [1.165, 1.54) is 18.2 Å². The maximum atomic E-state index is 12.4. The number of rotatable bonds is 4. The van der Waals surface area contributed by atoms with Gasteiger partial charge in [0.05, 0.1) is 16.7 Å². The summed E-state index contributed by atoms with van der Waals surface area (Å²) in [6, 6.07) is 6.11. The molecule has 0 spiro atoms. The van der Waals surface area contributed by atoms with Crippen molar-refractivity contribution in [1.82, 2.24) is 4.72 Å². The second-order valence-corrected chi connectivity index (χ2v) is 7.65. The highest BCUT2D eigenvalue weighted by Crippen LogP contribution is 2.30. The minimum atomic E-state index is -3.73. The maximum absolute atomic E-state index is 12.4. The Hall–Kier alpha value is -1.13. The number of sulfonamides is 1. The summed E-state index contributed by atoms with van der Waals surface area (Å²) in [5.74, 6) is 0. The second-order valence-electron chi connectivity index (χ2n) is 5.50. The molecule has 0 saturated carbocycles. The van der Waals surface area contributed by atoms with Gasteiger partial charge in [0.1, 0.15) is 4.90 Å². The number of hydrogen-bond acceptors (Lipinski definition) is 4. The molecule has 7 heteroatoms. The topological polar surface area (TPSA) is 79.2 Å². The first-order valence-electron chi connectivity index (χ1n) is 6.63. The summed E-state index contributed by atoms with van der Waals surface area (Å²) in [5.41, 5.74) is 0.141. The van der Waals surface area contributed by atoms with Crippen LogP contribution in [0.5, 0.6) is 0 Å². The van der Waals surface area contributed by atoms with Gasteiger partial charge in [0, 0.05) is 19.8 Å². The average molecular weight is 329 g/mol. The van der Waals surface area contributed by atoms with Crippen LogP contribution in [0.15, 0.2) is 23.1 Å². The van der Waals surface area contributed by atoms with Gasteiger partial charge in [-0.05, 0) is 36.5 Å². The zero-order valence-corrected chi connectivity index (χ0v) is 13.3. The highest BCUT2D eigenvalue weighted by molar-refractivity contribution is 7.89. The Morgan fingerprint density at radius 3 is 2.71 bits per heavy atom. The molecule has 21 heavy (non-hydrogen) atoms. The summed E-state index contributed by atoms with van der Waals surface area (Å²) >= 11 is 5.95. The lowest BCUT2D eigenvalue weighted by Crippen LogP contribution is -2.39. The molecule has 0 atom stereocenters. The Kier molecular flexibility index (Phi) is 4.89. The van der Waals surface area contributed by atoms with Crippen molar-refractivity contribution in [3.63, 3.8) is 0 Å². The molecule has 0 aromatic heterocycles. The number of benzene rings is 1. The number of nitrogens with zero attached hydrogens (tertiary/aromatic N) is 1. The molecule has 1 N–H and O–H groups in total. The van der Waals surface area contributed by atoms with Crippen LogP contribution in [0.25, 0.3) is 0 Å². The summed E-state index contributed by atoms with van der Waals surface area (Å²) in [6.07, 6.45) is 1.61. The van der Waals surface area contributed by atoms with Crippen LogP contribution in [0.4, 0.5) is 0 Å². The van der Waals surface area contributed by atoms with Gasteiger partial charge in [-0.25, -0.2) is 13.1 Å². The van der Waals surface area contributed by atoms with Gasteiger partial charge in [-0.2, -0.15) is 5.26 Å². The highest BCUT2D eigenvalue weighted by Gasteiger charge is 2.30. The minimum Gasteiger partial charge on any atom is -0.381 e. The third-order valence-electron chi connectivity index (χ3n) is 3.74. The van der Waals surface area contributed by atoms with Crippen LogP contribution < -0.4 is 4.72 Å². The molecule has 0 radical (unpaired) electrons. The zero-order chi connectivity index (χ0) is 15.5. The fraction of sp³-hybridized carbons (Fsp3) is 0.500. The van der Waals surface area contributed by atoms with Gasteiger partial charge in [-0.15, -0.1) is 0 Å². The number of halogens is 1. The summed E-state index contributed by atoms with van der Waals surface area (Å²) in [5, 5.41) is 8.98. The molecule has 0 unspecified atom stereocenters. The maximum Gasteiger partial charge on any atom is 0.242 e. The second kappa shape index (κ2) is 6.32. The third kappa shape index (κ3) is 3.95. The van der Waals surface area contributed by atoms with E-state index >= 15 is 0 Å². The molecule has 1 aliphatic rings. The molecule has 5 nitrogen and oxygen atoms in total. The van der Waals surface area contributed by atoms with Crippen LogP contribution in [0.3, 0.4) is 0 Å². The van der Waals surface area contributed by atoms with Gasteiger partial charge in [0.15, 0.2) is 0 Å². The normalized spacial score (nSPS) is 18.1. The van der Waals surface area contributed by atoms with Crippen LogP contribution in [0.1, 0.15) is 25.3 Å². The van der Waals surface area contributed by atoms with E-state index in [9.17, 15) is 8.42 Å². The van der Waals surface area contributed by atoms with Gasteiger partial charge < -0.3 is 4.74 Å². The van der Waals surface area contributed by atoms with E-state index < -0.39 is 10.0 Å². The van der Waals surface area contributed by atoms with Crippen LogP contribution in [-0.4, -0.2) is 28.2 Å². The van der Waals surface area contributed by atoms with Crippen molar-refractivity contribution in [3.05, 3.63) is 28.8 Å². The van der Waals surface area contributed by atoms with Gasteiger partial charge in [0.25, 0.3) is 0 Å². The van der Waals surface area contributed by atoms with E-state index in [1.54, 1.807) is 0 Å². The van der Waals surface area contributed by atoms with E-state index in [-0.39, 0.29) is 20.9 Å². The Morgan fingerprint density at radius 1 is 1.43 bits per heavy atom. The van der Waals surface area contributed by atoms with Crippen molar-refractivity contribution in [3.8, 4) is 6.07 Å². The predicted octanol–water partition coefficient (Wildman–Crippen LogP) is 2.31. The molecule has 0 amide bonds. The Bertz CT molecular complexity index is 661. The number of hydrogen-bond donors (Lipinski definition) is 1. The quantitative estimate of drug-likeness (QED) is 0.919. The highest BCUT2D eigenvalue weighted by atomic mass is 35.5. The van der Waals surface area contributed by atoms with Crippen molar-refractivity contribution < 1.29 is 13.2 Å². The van der Waals surface area contributed by atoms with Crippen LogP contribution in [-0.2, 0) is 14.8 Å². The SMILES string of the molecule is CC1(CNS(=O)(=O)c2cc(C#N)ccc2Cl)CCOCC1. The smallest absolute Gasteiger partial charge is 0.242 e. The van der Waals surface area contributed by atoms with E-state index in [0.29, 0.717) is 19.8 Å². The molecule has 1 fully saturated rings. The first kappa shape index (κ1) is 16.2. The number of nitrogens with one attached hydrogen (secondary N) is 1. The molecule has 1 aromatic carbocycles. The lowest BCUT2D eigenvalue weighted by molar-refractivity contribution is 0.0265. The molecule has 1 aromatic rings. The van der Waals surface area contributed by atoms with Gasteiger partial charge in [-0.3, -0.25) is 0 Å². The largest absolute Gasteiger partial charge is 0.381 e. The lowest BCUT2D eigenvalue weighted by atomic mass is 9.83. The molecule has 0 bridgehead atoms. The van der Waals surface area contributed by atoms with Gasteiger partial charge >= 0.3 is 0 Å². The van der Waals surface area contributed by atoms with E-state index in [4.69, 9.17) is 21.6 Å². The van der Waals surface area contributed by atoms with Crippen molar-refractivity contribution in [1.29, 1.82) is 5.26 Å². The van der Waals surface area contributed by atoms with Crippen molar-refractivity contribution in [2.75, 3.05) is 19.8 Å². The van der Waals surface area contributed by atoms with E-state index in [2.05, 4.69) is 4.72 Å². The Morgan fingerprint density at radius 2 is 2.10 bits per heavy atom. The van der Waals surface area contributed by atoms with Crippen molar-refractivity contribution >= 4 is 21.6 Å². The van der Waals surface area contributed by atoms with Gasteiger partial charge in [-0.1, -0.05) is 18.5 Å². The summed E-state index contributed by atoms with van der Waals surface area (Å²) in [6.45, 7) is 3.64. The summed E-state index contributed by atoms with van der Waals surface area (Å²) in [4.78, 5) is -0.0566. The standard InChI is InChI=1S/C14H17ClN2O3S/c1-14(4-6-20-7-5-14)10-17-21(18,19)13-8-11(9-16)2-3-12(13)15/h2-3,8,17H,4-7,10H2,1H3. The van der Waals surface area contributed by atoms with Crippen LogP contribution in [0, 0.1) is 16.7 Å². The Balaban J connectivity index is 2.17. The summed E-state index contributed by atoms with van der Waals surface area (Å²) < 4.78 is 32.6. The van der Waals surface area contributed by atoms with Crippen LogP contribution >= 0.6 is 11.6 Å². The molecular formula is C14H17ClN2O3S. The van der Waals surface area contributed by atoms with E-state index in [0.717, 1.165) is 12.8 Å². The first-order valence-corrected chi connectivity index (χ1v) is 8.49. The lowest BCUT2D eigenvalue weighted by Gasteiger charge is -2.33. The molecule has 1 heterocycles. The zero-order valence-electron chi connectivity index (χ0n) is 11.7. The number of nitriles is 1.